The molecule has 0 aliphatic heterocycles. The lowest BCUT2D eigenvalue weighted by atomic mass is 9.69. The van der Waals surface area contributed by atoms with Crippen molar-refractivity contribution < 1.29 is 5.11 Å². The lowest BCUT2D eigenvalue weighted by molar-refractivity contribution is 0.177. The molecule has 0 heterocycles. The summed E-state index contributed by atoms with van der Waals surface area (Å²) in [6, 6.07) is 4.87. The predicted octanol–water partition coefficient (Wildman–Crippen LogP) is 4.80. The van der Waals surface area contributed by atoms with Gasteiger partial charge in [-0.05, 0) is 99.7 Å². The molecular weight excluding hydrogens is 270 g/mol. The van der Waals surface area contributed by atoms with Gasteiger partial charge in [0.05, 0.1) is 0 Å². The van der Waals surface area contributed by atoms with Gasteiger partial charge in [0.2, 0.25) is 0 Å². The Morgan fingerprint density at radius 3 is 1.77 bits per heavy atom. The maximum atomic E-state index is 9.95. The molecule has 0 aromatic heterocycles. The third kappa shape index (κ3) is 3.32. The number of aromatic hydroxyl groups is 1. The first-order valence-electron chi connectivity index (χ1n) is 9.10. The summed E-state index contributed by atoms with van der Waals surface area (Å²) in [5, 5.41) is 9.95. The molecular formula is C20H31NO. The van der Waals surface area contributed by atoms with Gasteiger partial charge in [0, 0.05) is 6.04 Å². The van der Waals surface area contributed by atoms with E-state index in [9.17, 15) is 5.11 Å². The summed E-state index contributed by atoms with van der Waals surface area (Å²) < 4.78 is 0. The molecule has 2 fully saturated rings. The second-order valence-corrected chi connectivity index (χ2v) is 7.79. The Hall–Kier alpha value is -1.02. The lowest BCUT2D eigenvalue weighted by Crippen LogP contribution is -2.31. The number of benzene rings is 1. The van der Waals surface area contributed by atoms with Crippen molar-refractivity contribution in [2.75, 3.05) is 0 Å². The van der Waals surface area contributed by atoms with Crippen LogP contribution in [0.25, 0.3) is 0 Å². The van der Waals surface area contributed by atoms with E-state index in [0.717, 1.165) is 23.0 Å². The quantitative estimate of drug-likeness (QED) is 0.824. The smallest absolute Gasteiger partial charge is 0.121 e. The summed E-state index contributed by atoms with van der Waals surface area (Å²) in [5.41, 5.74) is 9.54. The van der Waals surface area contributed by atoms with Crippen LogP contribution >= 0.6 is 0 Å². The van der Waals surface area contributed by atoms with Gasteiger partial charge in [-0.1, -0.05) is 12.1 Å². The van der Waals surface area contributed by atoms with Crippen LogP contribution in [0, 0.1) is 25.7 Å². The third-order valence-electron chi connectivity index (χ3n) is 6.24. The molecule has 3 N–H and O–H groups in total. The minimum atomic E-state index is 0.468. The maximum absolute atomic E-state index is 9.95. The molecule has 2 aliphatic rings. The summed E-state index contributed by atoms with van der Waals surface area (Å²) >= 11 is 0. The molecule has 0 saturated heterocycles. The van der Waals surface area contributed by atoms with E-state index in [0.29, 0.717) is 17.7 Å². The summed E-state index contributed by atoms with van der Waals surface area (Å²) in [6.07, 6.45) is 10.6. The van der Waals surface area contributed by atoms with Crippen LogP contribution in [-0.2, 0) is 0 Å². The molecule has 2 nitrogen and oxygen atoms in total. The third-order valence-corrected chi connectivity index (χ3v) is 6.24. The Balaban J connectivity index is 1.60. The number of hydrogen-bond donors (Lipinski definition) is 2. The largest absolute Gasteiger partial charge is 0.507 e. The minimum Gasteiger partial charge on any atom is -0.507 e. The maximum Gasteiger partial charge on any atom is 0.121 e. The standard InChI is InChI=1S/C20H31NO/c1-13-11-18(12-14(2)20(13)22)17-5-3-15(4-6-17)16-7-9-19(21)10-8-16/h11-12,15-17,19,22H,3-10,21H2,1-2H3. The average Bonchev–Trinajstić information content (AvgIpc) is 2.53. The number of phenolic OH excluding ortho intramolecular Hbond substituents is 1. The van der Waals surface area contributed by atoms with E-state index in [1.54, 1.807) is 0 Å². The van der Waals surface area contributed by atoms with Gasteiger partial charge in [0.1, 0.15) is 5.75 Å². The highest BCUT2D eigenvalue weighted by molar-refractivity contribution is 5.43. The van der Waals surface area contributed by atoms with Crippen LogP contribution in [0.3, 0.4) is 0 Å². The van der Waals surface area contributed by atoms with E-state index in [4.69, 9.17) is 5.73 Å². The molecule has 0 amide bonds. The van der Waals surface area contributed by atoms with Crippen molar-refractivity contribution in [2.24, 2.45) is 17.6 Å². The van der Waals surface area contributed by atoms with Crippen molar-refractivity contribution in [3.63, 3.8) is 0 Å². The number of nitrogens with two attached hydrogens (primary N) is 1. The van der Waals surface area contributed by atoms with Gasteiger partial charge in [0.15, 0.2) is 0 Å². The molecule has 2 heteroatoms. The summed E-state index contributed by atoms with van der Waals surface area (Å²) in [5.74, 6) is 3.03. The Kier molecular flexibility index (Phi) is 4.77. The fraction of sp³-hybridized carbons (Fsp3) is 0.700. The number of hydrogen-bond acceptors (Lipinski definition) is 2. The van der Waals surface area contributed by atoms with Crippen LogP contribution in [-0.4, -0.2) is 11.1 Å². The zero-order valence-corrected chi connectivity index (χ0v) is 14.1. The predicted molar refractivity (Wildman–Crippen MR) is 92.2 cm³/mol. The summed E-state index contributed by atoms with van der Waals surface area (Å²) in [7, 11) is 0. The van der Waals surface area contributed by atoms with Crippen molar-refractivity contribution >= 4 is 0 Å². The van der Waals surface area contributed by atoms with Crippen molar-refractivity contribution in [3.05, 3.63) is 28.8 Å². The Morgan fingerprint density at radius 2 is 1.27 bits per heavy atom. The molecule has 0 bridgehead atoms. The van der Waals surface area contributed by atoms with Crippen LogP contribution in [0.4, 0.5) is 0 Å². The normalized spacial score (nSPS) is 32.9. The van der Waals surface area contributed by atoms with Crippen molar-refractivity contribution in [1.29, 1.82) is 0 Å². The molecule has 1 aromatic carbocycles. The molecule has 0 atom stereocenters. The molecule has 0 radical (unpaired) electrons. The SMILES string of the molecule is Cc1cc(C2CCC(C3CCC(N)CC3)CC2)cc(C)c1O. The second-order valence-electron chi connectivity index (χ2n) is 7.79. The number of aryl methyl sites for hydroxylation is 2. The van der Waals surface area contributed by atoms with Crippen LogP contribution in [0.15, 0.2) is 12.1 Å². The molecule has 0 unspecified atom stereocenters. The van der Waals surface area contributed by atoms with Crippen molar-refractivity contribution in [3.8, 4) is 5.75 Å². The van der Waals surface area contributed by atoms with Gasteiger partial charge in [0.25, 0.3) is 0 Å². The van der Waals surface area contributed by atoms with Crippen LogP contribution in [0.2, 0.25) is 0 Å². The van der Waals surface area contributed by atoms with E-state index < -0.39 is 0 Å². The van der Waals surface area contributed by atoms with Crippen LogP contribution < -0.4 is 5.73 Å². The van der Waals surface area contributed by atoms with Gasteiger partial charge in [-0.15, -0.1) is 0 Å². The summed E-state index contributed by atoms with van der Waals surface area (Å²) in [6.45, 7) is 4.03. The zero-order chi connectivity index (χ0) is 15.7. The van der Waals surface area contributed by atoms with Gasteiger partial charge in [-0.2, -0.15) is 0 Å². The molecule has 1 aromatic rings. The first-order valence-corrected chi connectivity index (χ1v) is 9.10. The highest BCUT2D eigenvalue weighted by Gasteiger charge is 2.30. The number of phenols is 1. The Labute approximate surface area is 135 Å². The highest BCUT2D eigenvalue weighted by atomic mass is 16.3. The zero-order valence-electron chi connectivity index (χ0n) is 14.1. The second kappa shape index (κ2) is 6.62. The van der Waals surface area contributed by atoms with E-state index in [-0.39, 0.29) is 0 Å². The van der Waals surface area contributed by atoms with Gasteiger partial charge < -0.3 is 10.8 Å². The van der Waals surface area contributed by atoms with Gasteiger partial charge in [-0.3, -0.25) is 0 Å². The van der Waals surface area contributed by atoms with Crippen LogP contribution in [0.5, 0.6) is 5.75 Å². The number of rotatable bonds is 2. The van der Waals surface area contributed by atoms with E-state index >= 15 is 0 Å². The molecule has 3 rings (SSSR count). The van der Waals surface area contributed by atoms with E-state index in [1.807, 2.05) is 13.8 Å². The molecule has 2 saturated carbocycles. The average molecular weight is 301 g/mol. The Bertz CT molecular complexity index is 485. The van der Waals surface area contributed by atoms with Crippen molar-refractivity contribution in [1.82, 2.24) is 0 Å². The first-order chi connectivity index (χ1) is 10.5. The van der Waals surface area contributed by atoms with E-state index in [2.05, 4.69) is 12.1 Å². The topological polar surface area (TPSA) is 46.2 Å². The van der Waals surface area contributed by atoms with Gasteiger partial charge in [-0.25, -0.2) is 0 Å². The molecule has 22 heavy (non-hydrogen) atoms. The fourth-order valence-corrected chi connectivity index (χ4v) is 4.77. The lowest BCUT2D eigenvalue weighted by Gasteiger charge is -2.37. The summed E-state index contributed by atoms with van der Waals surface area (Å²) in [4.78, 5) is 0. The molecule has 0 spiro atoms. The van der Waals surface area contributed by atoms with Crippen molar-refractivity contribution in [2.45, 2.75) is 77.2 Å². The molecule has 2 aliphatic carbocycles. The van der Waals surface area contributed by atoms with Gasteiger partial charge >= 0.3 is 0 Å². The fourth-order valence-electron chi connectivity index (χ4n) is 4.77. The highest BCUT2D eigenvalue weighted by Crippen LogP contribution is 2.43. The molecule has 122 valence electrons. The van der Waals surface area contributed by atoms with E-state index in [1.165, 1.54) is 56.9 Å². The first kappa shape index (κ1) is 15.9. The Morgan fingerprint density at radius 1 is 0.818 bits per heavy atom. The monoisotopic (exact) mass is 301 g/mol. The van der Waals surface area contributed by atoms with Crippen LogP contribution in [0.1, 0.15) is 74.0 Å². The minimum absolute atomic E-state index is 0.468.